The second-order valence-corrected chi connectivity index (χ2v) is 5.55. The summed E-state index contributed by atoms with van der Waals surface area (Å²) in [7, 11) is 1.65. The van der Waals surface area contributed by atoms with Crippen molar-refractivity contribution >= 4 is 40.6 Å². The fourth-order valence-electron chi connectivity index (χ4n) is 1.19. The molecule has 0 aliphatic heterocycles. The Morgan fingerprint density at radius 1 is 1.53 bits per heavy atom. The van der Waals surface area contributed by atoms with Gasteiger partial charge in [-0.3, -0.25) is 4.79 Å². The molecule has 1 N–H and O–H groups in total. The van der Waals surface area contributed by atoms with Crippen LogP contribution >= 0.6 is 34.8 Å². The number of hydrogen-bond donors (Lipinski definition) is 1. The van der Waals surface area contributed by atoms with Gasteiger partial charge >= 0.3 is 0 Å². The van der Waals surface area contributed by atoms with Crippen LogP contribution in [0.3, 0.4) is 0 Å². The van der Waals surface area contributed by atoms with Crippen LogP contribution in [-0.2, 0) is 7.05 Å². The highest BCUT2D eigenvalue weighted by atomic mass is 35.6. The smallest absolute Gasteiger partial charge is 0.255 e. The van der Waals surface area contributed by atoms with E-state index < -0.39 is 15.7 Å². The molecule has 3 nitrogen and oxygen atoms in total. The summed E-state index contributed by atoms with van der Waals surface area (Å²) in [4.78, 5) is 11.6. The summed E-state index contributed by atoms with van der Waals surface area (Å²) >= 11 is 16.5. The third-order valence-electron chi connectivity index (χ3n) is 2.00. The van der Waals surface area contributed by atoms with E-state index >= 15 is 0 Å². The lowest BCUT2D eigenvalue weighted by molar-refractivity contribution is 0.0988. The van der Waals surface area contributed by atoms with E-state index in [1.54, 1.807) is 20.2 Å². The number of ketones is 1. The van der Waals surface area contributed by atoms with Crippen molar-refractivity contribution in [3.63, 3.8) is 0 Å². The van der Waals surface area contributed by atoms with E-state index in [1.165, 1.54) is 10.6 Å². The van der Waals surface area contributed by atoms with Crippen molar-refractivity contribution in [2.45, 2.75) is 16.8 Å². The fourth-order valence-corrected chi connectivity index (χ4v) is 1.48. The van der Waals surface area contributed by atoms with Gasteiger partial charge < -0.3 is 9.67 Å². The predicted octanol–water partition coefficient (Wildman–Crippen LogP) is 2.63. The maximum Gasteiger partial charge on any atom is 0.255 e. The summed E-state index contributed by atoms with van der Waals surface area (Å²) in [6.07, 6.45) is 0.960. The number of aliphatic hydroxyl groups is 1. The Morgan fingerprint density at radius 3 is 2.40 bits per heavy atom. The maximum atomic E-state index is 11.6. The van der Waals surface area contributed by atoms with Crippen LogP contribution in [0.1, 0.15) is 29.1 Å². The molecule has 1 heterocycles. The van der Waals surface area contributed by atoms with Gasteiger partial charge in [0, 0.05) is 13.2 Å². The number of aryl methyl sites for hydroxylation is 1. The lowest BCUT2D eigenvalue weighted by atomic mass is 10.2. The van der Waals surface area contributed by atoms with Crippen LogP contribution in [0.15, 0.2) is 12.3 Å². The number of carbonyl (C=O) groups excluding carboxylic acids is 1. The molecule has 6 heteroatoms. The van der Waals surface area contributed by atoms with Crippen molar-refractivity contribution in [1.29, 1.82) is 0 Å². The number of halogens is 3. The average molecular weight is 271 g/mol. The largest absolute Gasteiger partial charge is 0.389 e. The molecule has 0 saturated carbocycles. The SMILES string of the molecule is C[C@H](O)c1cc(C(=O)C(Cl)(Cl)Cl)n(C)c1. The fraction of sp³-hybridized carbons (Fsp3) is 0.444. The van der Waals surface area contributed by atoms with Gasteiger partial charge in [0.1, 0.15) is 0 Å². The first-order valence-corrected chi connectivity index (χ1v) is 5.32. The molecule has 0 aromatic carbocycles. The Balaban J connectivity index is 3.11. The van der Waals surface area contributed by atoms with Crippen LogP contribution < -0.4 is 0 Å². The van der Waals surface area contributed by atoms with Gasteiger partial charge in [-0.05, 0) is 18.6 Å². The van der Waals surface area contributed by atoms with E-state index in [0.29, 0.717) is 5.56 Å². The molecular weight excluding hydrogens is 260 g/mol. The number of nitrogens with zero attached hydrogens (tertiary/aromatic N) is 1. The van der Waals surface area contributed by atoms with E-state index in [4.69, 9.17) is 34.8 Å². The number of Topliss-reactive ketones (excluding diaryl/α,β-unsaturated/α-hetero) is 1. The van der Waals surface area contributed by atoms with Crippen LogP contribution in [-0.4, -0.2) is 19.2 Å². The molecule has 1 rings (SSSR count). The van der Waals surface area contributed by atoms with E-state index in [-0.39, 0.29) is 5.69 Å². The molecule has 1 atom stereocenters. The Bertz CT molecular complexity index is 379. The van der Waals surface area contributed by atoms with Gasteiger partial charge in [0.15, 0.2) is 0 Å². The highest BCUT2D eigenvalue weighted by molar-refractivity contribution is 6.77. The minimum absolute atomic E-state index is 0.255. The lowest BCUT2D eigenvalue weighted by Crippen LogP contribution is -2.21. The molecule has 15 heavy (non-hydrogen) atoms. The Kier molecular flexibility index (Phi) is 3.71. The van der Waals surface area contributed by atoms with Crippen LogP contribution in [0, 0.1) is 0 Å². The predicted molar refractivity (Wildman–Crippen MR) is 60.7 cm³/mol. The van der Waals surface area contributed by atoms with Gasteiger partial charge in [-0.25, -0.2) is 0 Å². The van der Waals surface area contributed by atoms with Crippen LogP contribution in [0.5, 0.6) is 0 Å². The van der Waals surface area contributed by atoms with Crippen LogP contribution in [0.25, 0.3) is 0 Å². The molecule has 0 fully saturated rings. The van der Waals surface area contributed by atoms with Crippen molar-refractivity contribution in [3.05, 3.63) is 23.5 Å². The standard InChI is InChI=1S/C9H10Cl3NO2/c1-5(14)6-3-7(13(2)4-6)8(15)9(10,11)12/h3-5,14H,1-2H3/t5-/m0/s1. The quantitative estimate of drug-likeness (QED) is 0.663. The van der Waals surface area contributed by atoms with Gasteiger partial charge in [0.2, 0.25) is 5.78 Å². The number of hydrogen-bond acceptors (Lipinski definition) is 2. The average Bonchev–Trinajstić information content (AvgIpc) is 2.44. The summed E-state index contributed by atoms with van der Waals surface area (Å²) in [5, 5.41) is 9.32. The zero-order valence-corrected chi connectivity index (χ0v) is 10.4. The highest BCUT2D eigenvalue weighted by Crippen LogP contribution is 2.31. The third kappa shape index (κ3) is 2.88. The first kappa shape index (κ1) is 12.8. The summed E-state index contributed by atoms with van der Waals surface area (Å²) < 4.78 is -0.450. The minimum Gasteiger partial charge on any atom is -0.389 e. The first-order chi connectivity index (χ1) is 6.73. The van der Waals surface area contributed by atoms with Crippen molar-refractivity contribution in [3.8, 4) is 0 Å². The zero-order valence-electron chi connectivity index (χ0n) is 8.17. The molecule has 0 spiro atoms. The molecule has 0 amide bonds. The van der Waals surface area contributed by atoms with Crippen molar-refractivity contribution in [2.75, 3.05) is 0 Å². The summed E-state index contributed by atoms with van der Waals surface area (Å²) in [5.74, 6) is -0.609. The molecule has 0 unspecified atom stereocenters. The number of aliphatic hydroxyl groups excluding tert-OH is 1. The number of aromatic nitrogens is 1. The molecule has 0 aliphatic carbocycles. The second-order valence-electron chi connectivity index (χ2n) is 3.27. The summed E-state index contributed by atoms with van der Waals surface area (Å²) in [6, 6.07) is 1.51. The first-order valence-electron chi connectivity index (χ1n) is 4.19. The summed E-state index contributed by atoms with van der Waals surface area (Å²) in [6.45, 7) is 1.60. The molecule has 1 aromatic heterocycles. The van der Waals surface area contributed by atoms with Gasteiger partial charge in [-0.15, -0.1) is 0 Å². The Hall–Kier alpha value is -0.220. The number of rotatable bonds is 2. The monoisotopic (exact) mass is 269 g/mol. The molecule has 0 radical (unpaired) electrons. The molecule has 1 aromatic rings. The van der Waals surface area contributed by atoms with Gasteiger partial charge in [0.25, 0.3) is 3.79 Å². The topological polar surface area (TPSA) is 42.2 Å². The second kappa shape index (κ2) is 4.34. The van der Waals surface area contributed by atoms with Crippen molar-refractivity contribution in [2.24, 2.45) is 7.05 Å². The van der Waals surface area contributed by atoms with E-state index in [1.807, 2.05) is 0 Å². The maximum absolute atomic E-state index is 11.6. The van der Waals surface area contributed by atoms with Crippen molar-refractivity contribution in [1.82, 2.24) is 4.57 Å². The molecular formula is C9H10Cl3NO2. The molecule has 0 bridgehead atoms. The molecule has 0 aliphatic rings. The summed E-state index contributed by atoms with van der Waals surface area (Å²) in [5.41, 5.74) is 0.862. The normalized spacial score (nSPS) is 14.0. The van der Waals surface area contributed by atoms with Crippen LogP contribution in [0.2, 0.25) is 0 Å². The molecule has 0 saturated heterocycles. The van der Waals surface area contributed by atoms with E-state index in [0.717, 1.165) is 0 Å². The highest BCUT2D eigenvalue weighted by Gasteiger charge is 2.33. The van der Waals surface area contributed by atoms with Crippen LogP contribution in [0.4, 0.5) is 0 Å². The third-order valence-corrected chi connectivity index (χ3v) is 2.51. The zero-order chi connectivity index (χ0) is 11.8. The van der Waals surface area contributed by atoms with Gasteiger partial charge in [-0.2, -0.15) is 0 Å². The Labute approximate surface area is 103 Å². The van der Waals surface area contributed by atoms with Gasteiger partial charge in [-0.1, -0.05) is 34.8 Å². The van der Waals surface area contributed by atoms with E-state index in [9.17, 15) is 9.90 Å². The number of alkyl halides is 3. The Morgan fingerprint density at radius 2 is 2.07 bits per heavy atom. The van der Waals surface area contributed by atoms with E-state index in [2.05, 4.69) is 0 Å². The molecule has 84 valence electrons. The number of carbonyl (C=O) groups is 1. The van der Waals surface area contributed by atoms with Gasteiger partial charge in [0.05, 0.1) is 11.8 Å². The lowest BCUT2D eigenvalue weighted by Gasteiger charge is -2.09. The minimum atomic E-state index is -1.97. The van der Waals surface area contributed by atoms with Crippen molar-refractivity contribution < 1.29 is 9.90 Å².